The molecule has 0 amide bonds. The zero-order valence-corrected chi connectivity index (χ0v) is 28.4. The molecule has 0 aliphatic heterocycles. The average Bonchev–Trinajstić information content (AvgIpc) is 3.41. The standard InChI is InChI=1S/C26H26N2O2S.2CH3.2Y/c1-25(2,3)15-7-9-19-17(13-15)27-23(29-19)21-11-12-22(31-21)24-28-18-14-16(26(4,5)6)8-10-20(18)30-24;;;;/h7-14H,1-6H3;2*1H3;;/q;2*-1;;. The Bertz CT molecular complexity index is 1310. The summed E-state index contributed by atoms with van der Waals surface area (Å²) >= 11 is 1.58. The van der Waals surface area contributed by atoms with Gasteiger partial charge in [0.25, 0.3) is 0 Å². The van der Waals surface area contributed by atoms with Crippen molar-refractivity contribution < 1.29 is 74.3 Å². The molecular formula is C28H32N2O2SY2-2. The van der Waals surface area contributed by atoms with Gasteiger partial charge in [0, 0.05) is 65.4 Å². The Balaban J connectivity index is 0.00000153. The zero-order chi connectivity index (χ0) is 22.0. The SMILES string of the molecule is CC(C)(C)c1ccc2oc(-c3ccc(-c4nc5cc(C(C)(C)C)ccc5o4)s3)nc2c1.[CH3-].[CH3-].[Y].[Y]. The fraction of sp³-hybridized carbons (Fsp3) is 0.286. The van der Waals surface area contributed by atoms with Crippen LogP contribution in [-0.4, -0.2) is 9.97 Å². The molecular weight excluding hydrogens is 606 g/mol. The minimum Gasteiger partial charge on any atom is -0.435 e. The molecule has 3 heterocycles. The summed E-state index contributed by atoms with van der Waals surface area (Å²) in [4.78, 5) is 11.4. The van der Waals surface area contributed by atoms with Crippen molar-refractivity contribution >= 4 is 33.5 Å². The fourth-order valence-electron chi connectivity index (χ4n) is 3.57. The number of benzene rings is 2. The molecule has 5 aromatic rings. The van der Waals surface area contributed by atoms with Crippen LogP contribution in [0.5, 0.6) is 0 Å². The van der Waals surface area contributed by atoms with Gasteiger partial charge < -0.3 is 23.7 Å². The third kappa shape index (κ3) is 6.60. The summed E-state index contributed by atoms with van der Waals surface area (Å²) < 4.78 is 12.1. The van der Waals surface area contributed by atoms with Gasteiger partial charge in [-0.05, 0) is 58.4 Å². The van der Waals surface area contributed by atoms with Crippen LogP contribution in [0.3, 0.4) is 0 Å². The minimum absolute atomic E-state index is 0. The van der Waals surface area contributed by atoms with Crippen molar-refractivity contribution in [3.05, 3.63) is 74.5 Å². The van der Waals surface area contributed by atoms with E-state index in [4.69, 9.17) is 18.8 Å². The molecule has 35 heavy (non-hydrogen) atoms. The quantitative estimate of drug-likeness (QED) is 0.181. The van der Waals surface area contributed by atoms with E-state index in [-0.39, 0.29) is 91.1 Å². The number of hydrogen-bond donors (Lipinski definition) is 0. The minimum atomic E-state index is 0. The molecule has 4 nitrogen and oxygen atoms in total. The number of fused-ring (bicyclic) bond motifs is 2. The Morgan fingerprint density at radius 1 is 0.600 bits per heavy atom. The maximum atomic E-state index is 6.03. The molecule has 0 bridgehead atoms. The number of nitrogens with zero attached hydrogens (tertiary/aromatic N) is 2. The maximum absolute atomic E-state index is 6.03. The van der Waals surface area contributed by atoms with E-state index in [0.29, 0.717) is 11.8 Å². The van der Waals surface area contributed by atoms with Gasteiger partial charge in [0.15, 0.2) is 11.2 Å². The Morgan fingerprint density at radius 2 is 0.971 bits per heavy atom. The van der Waals surface area contributed by atoms with Crippen LogP contribution in [0.2, 0.25) is 0 Å². The van der Waals surface area contributed by atoms with Gasteiger partial charge in [-0.2, -0.15) is 0 Å². The van der Waals surface area contributed by atoms with Crippen LogP contribution < -0.4 is 0 Å². The summed E-state index contributed by atoms with van der Waals surface area (Å²) in [6, 6.07) is 16.5. The Labute approximate surface area is 263 Å². The van der Waals surface area contributed by atoms with E-state index in [1.807, 2.05) is 24.3 Å². The number of aromatic nitrogens is 2. The first-order chi connectivity index (χ1) is 14.6. The molecule has 2 radical (unpaired) electrons. The van der Waals surface area contributed by atoms with Crippen molar-refractivity contribution in [3.63, 3.8) is 0 Å². The van der Waals surface area contributed by atoms with Crippen LogP contribution in [0, 0.1) is 14.9 Å². The molecule has 0 aliphatic rings. The maximum Gasteiger partial charge on any atom is 0.237 e. The van der Waals surface area contributed by atoms with Crippen LogP contribution in [0.1, 0.15) is 52.7 Å². The first kappa shape index (κ1) is 32.3. The monoisotopic (exact) mass is 638 g/mol. The fourth-order valence-corrected chi connectivity index (χ4v) is 4.42. The summed E-state index contributed by atoms with van der Waals surface area (Å²) in [6.07, 6.45) is 0. The van der Waals surface area contributed by atoms with E-state index in [1.54, 1.807) is 11.3 Å². The molecule has 0 N–H and O–H groups in total. The van der Waals surface area contributed by atoms with E-state index in [1.165, 1.54) is 11.1 Å². The van der Waals surface area contributed by atoms with E-state index < -0.39 is 0 Å². The summed E-state index contributed by atoms with van der Waals surface area (Å²) in [7, 11) is 0. The second kappa shape index (κ2) is 11.8. The number of thiophene rings is 1. The van der Waals surface area contributed by atoms with Crippen molar-refractivity contribution in [2.75, 3.05) is 0 Å². The third-order valence-electron chi connectivity index (χ3n) is 5.53. The molecule has 0 aliphatic carbocycles. The Hall–Kier alpha value is -0.712. The first-order valence-electron chi connectivity index (χ1n) is 10.5. The predicted molar refractivity (Wildman–Crippen MR) is 141 cm³/mol. The molecule has 3 aromatic heterocycles. The van der Waals surface area contributed by atoms with Gasteiger partial charge in [-0.15, -0.1) is 11.3 Å². The molecule has 180 valence electrons. The average molecular weight is 638 g/mol. The molecule has 7 heteroatoms. The van der Waals surface area contributed by atoms with Crippen molar-refractivity contribution in [3.8, 4) is 21.5 Å². The number of rotatable bonds is 2. The molecule has 5 rings (SSSR count). The molecule has 0 saturated carbocycles. The van der Waals surface area contributed by atoms with Gasteiger partial charge >= 0.3 is 0 Å². The van der Waals surface area contributed by atoms with Gasteiger partial charge in [0.05, 0.1) is 9.75 Å². The van der Waals surface area contributed by atoms with Gasteiger partial charge in [-0.1, -0.05) is 53.7 Å². The third-order valence-corrected chi connectivity index (χ3v) is 6.60. The first-order valence-corrected chi connectivity index (χ1v) is 11.3. The topological polar surface area (TPSA) is 52.1 Å². The second-order valence-corrected chi connectivity index (χ2v) is 11.2. The van der Waals surface area contributed by atoms with Crippen molar-refractivity contribution in [1.29, 1.82) is 0 Å². The number of hydrogen-bond acceptors (Lipinski definition) is 5. The van der Waals surface area contributed by atoms with Crippen LogP contribution in [0.4, 0.5) is 0 Å². The largest absolute Gasteiger partial charge is 0.435 e. The van der Waals surface area contributed by atoms with Crippen LogP contribution >= 0.6 is 11.3 Å². The molecule has 0 atom stereocenters. The van der Waals surface area contributed by atoms with Gasteiger partial charge in [-0.3, -0.25) is 0 Å². The Kier molecular flexibility index (Phi) is 10.9. The van der Waals surface area contributed by atoms with Gasteiger partial charge in [-0.25, -0.2) is 9.97 Å². The predicted octanol–water partition coefficient (Wildman–Crippen LogP) is 8.86. The smallest absolute Gasteiger partial charge is 0.237 e. The molecule has 0 saturated heterocycles. The normalized spacial score (nSPS) is 11.4. The van der Waals surface area contributed by atoms with E-state index in [2.05, 4.69) is 65.8 Å². The Morgan fingerprint density at radius 3 is 1.31 bits per heavy atom. The van der Waals surface area contributed by atoms with Crippen LogP contribution in [-0.2, 0) is 76.2 Å². The summed E-state index contributed by atoms with van der Waals surface area (Å²) in [5, 5.41) is 0. The molecule has 2 aromatic carbocycles. The van der Waals surface area contributed by atoms with Crippen LogP contribution in [0.25, 0.3) is 43.7 Å². The van der Waals surface area contributed by atoms with E-state index >= 15 is 0 Å². The molecule has 0 spiro atoms. The van der Waals surface area contributed by atoms with Gasteiger partial charge in [0.1, 0.15) is 11.0 Å². The number of oxazole rings is 2. The summed E-state index contributed by atoms with van der Waals surface area (Å²) in [5.74, 6) is 1.26. The van der Waals surface area contributed by atoms with E-state index in [0.717, 1.165) is 32.0 Å². The van der Waals surface area contributed by atoms with Crippen molar-refractivity contribution in [2.45, 2.75) is 52.4 Å². The van der Waals surface area contributed by atoms with E-state index in [9.17, 15) is 0 Å². The molecule has 0 unspecified atom stereocenters. The summed E-state index contributed by atoms with van der Waals surface area (Å²) in [5.41, 5.74) is 6.00. The zero-order valence-electron chi connectivity index (χ0n) is 21.9. The van der Waals surface area contributed by atoms with Crippen LogP contribution in [0.15, 0.2) is 57.4 Å². The van der Waals surface area contributed by atoms with Gasteiger partial charge in [0.2, 0.25) is 11.8 Å². The summed E-state index contributed by atoms with van der Waals surface area (Å²) in [6.45, 7) is 13.2. The molecule has 0 fully saturated rings. The van der Waals surface area contributed by atoms with Crippen molar-refractivity contribution in [2.24, 2.45) is 0 Å². The second-order valence-electron chi connectivity index (χ2n) is 10.1. The van der Waals surface area contributed by atoms with Crippen molar-refractivity contribution in [1.82, 2.24) is 9.97 Å².